The largest absolute Gasteiger partial charge is 0.444 e. The minimum Gasteiger partial charge on any atom is -0.444 e. The Kier molecular flexibility index (Phi) is 4.91. The molecule has 7 nitrogen and oxygen atoms in total. The highest BCUT2D eigenvalue weighted by molar-refractivity contribution is 9.10. The molecule has 0 aliphatic carbocycles. The standard InChI is InChI=1S/C17H18BrN5O2/c18-15-2-1-14(24-15)17-21-20-16(25-17)12-23-9-7-22(8-10-23)11-13-3-5-19-6-4-13/h1-6H,7-12H2. The molecule has 0 atom stereocenters. The predicted molar refractivity (Wildman–Crippen MR) is 94.5 cm³/mol. The van der Waals surface area contributed by atoms with Gasteiger partial charge in [-0.3, -0.25) is 14.8 Å². The van der Waals surface area contributed by atoms with Crippen LogP contribution < -0.4 is 0 Å². The number of aromatic nitrogens is 3. The number of piperazine rings is 1. The molecule has 130 valence electrons. The summed E-state index contributed by atoms with van der Waals surface area (Å²) in [6.07, 6.45) is 3.69. The van der Waals surface area contributed by atoms with Crippen LogP contribution in [0.5, 0.6) is 0 Å². The van der Waals surface area contributed by atoms with E-state index in [1.54, 1.807) is 12.1 Å². The summed E-state index contributed by atoms with van der Waals surface area (Å²) in [5.74, 6) is 1.61. The molecule has 8 heteroatoms. The van der Waals surface area contributed by atoms with Crippen LogP contribution in [-0.2, 0) is 13.1 Å². The third-order valence-electron chi connectivity index (χ3n) is 4.23. The third-order valence-corrected chi connectivity index (χ3v) is 4.66. The molecule has 0 unspecified atom stereocenters. The van der Waals surface area contributed by atoms with E-state index in [-0.39, 0.29) is 0 Å². The van der Waals surface area contributed by atoms with Crippen molar-refractivity contribution in [3.05, 3.63) is 52.8 Å². The van der Waals surface area contributed by atoms with Gasteiger partial charge in [-0.25, -0.2) is 0 Å². The second-order valence-corrected chi connectivity index (χ2v) is 6.79. The minimum absolute atomic E-state index is 0.414. The molecule has 3 aromatic rings. The maximum atomic E-state index is 5.71. The van der Waals surface area contributed by atoms with Crippen molar-refractivity contribution < 1.29 is 8.83 Å². The van der Waals surface area contributed by atoms with E-state index in [0.29, 0.717) is 28.8 Å². The van der Waals surface area contributed by atoms with Crippen LogP contribution in [-0.4, -0.2) is 51.2 Å². The molecule has 4 rings (SSSR count). The summed E-state index contributed by atoms with van der Waals surface area (Å²) in [7, 11) is 0. The zero-order valence-corrected chi connectivity index (χ0v) is 15.2. The van der Waals surface area contributed by atoms with Crippen LogP contribution in [0.15, 0.2) is 50.2 Å². The van der Waals surface area contributed by atoms with Gasteiger partial charge in [0.1, 0.15) is 0 Å². The van der Waals surface area contributed by atoms with E-state index in [9.17, 15) is 0 Å². The monoisotopic (exact) mass is 403 g/mol. The van der Waals surface area contributed by atoms with Crippen molar-refractivity contribution in [2.45, 2.75) is 13.1 Å². The Morgan fingerprint density at radius 3 is 2.28 bits per heavy atom. The lowest BCUT2D eigenvalue weighted by atomic mass is 10.2. The van der Waals surface area contributed by atoms with Crippen LogP contribution >= 0.6 is 15.9 Å². The molecule has 1 saturated heterocycles. The zero-order chi connectivity index (χ0) is 17.1. The first-order valence-electron chi connectivity index (χ1n) is 8.18. The molecule has 0 saturated carbocycles. The number of hydrogen-bond acceptors (Lipinski definition) is 7. The molecule has 0 spiro atoms. The number of rotatable bonds is 5. The Hall–Kier alpha value is -2.03. The van der Waals surface area contributed by atoms with Gasteiger partial charge in [-0.1, -0.05) is 0 Å². The van der Waals surface area contributed by atoms with Gasteiger partial charge in [-0.05, 0) is 45.8 Å². The van der Waals surface area contributed by atoms with Crippen LogP contribution in [0.2, 0.25) is 0 Å². The maximum absolute atomic E-state index is 5.71. The van der Waals surface area contributed by atoms with E-state index in [0.717, 1.165) is 32.7 Å². The first-order valence-corrected chi connectivity index (χ1v) is 8.97. The van der Waals surface area contributed by atoms with Crippen LogP contribution in [0.1, 0.15) is 11.5 Å². The van der Waals surface area contributed by atoms with E-state index in [2.05, 4.69) is 53.0 Å². The average Bonchev–Trinajstić information content (AvgIpc) is 3.27. The lowest BCUT2D eigenvalue weighted by molar-refractivity contribution is 0.114. The summed E-state index contributed by atoms with van der Waals surface area (Å²) in [6, 6.07) is 7.75. The molecule has 3 aromatic heterocycles. The van der Waals surface area contributed by atoms with Gasteiger partial charge in [0.25, 0.3) is 5.89 Å². The van der Waals surface area contributed by atoms with Crippen LogP contribution in [0, 0.1) is 0 Å². The maximum Gasteiger partial charge on any atom is 0.283 e. The normalized spacial score (nSPS) is 16.4. The smallest absolute Gasteiger partial charge is 0.283 e. The van der Waals surface area contributed by atoms with Crippen molar-refractivity contribution in [1.29, 1.82) is 0 Å². The van der Waals surface area contributed by atoms with E-state index < -0.39 is 0 Å². The molecular weight excluding hydrogens is 386 g/mol. The summed E-state index contributed by atoms with van der Waals surface area (Å²) in [5.41, 5.74) is 1.30. The molecule has 25 heavy (non-hydrogen) atoms. The van der Waals surface area contributed by atoms with Gasteiger partial charge < -0.3 is 8.83 Å². The van der Waals surface area contributed by atoms with Crippen molar-refractivity contribution in [1.82, 2.24) is 25.0 Å². The third kappa shape index (κ3) is 4.15. The Bertz CT molecular complexity index is 811. The average molecular weight is 404 g/mol. The fourth-order valence-electron chi connectivity index (χ4n) is 2.89. The Labute approximate surface area is 153 Å². The fraction of sp³-hybridized carbons (Fsp3) is 0.353. The van der Waals surface area contributed by atoms with Gasteiger partial charge in [-0.2, -0.15) is 0 Å². The summed E-state index contributed by atoms with van der Waals surface area (Å²) in [4.78, 5) is 8.84. The number of hydrogen-bond donors (Lipinski definition) is 0. The van der Waals surface area contributed by atoms with Crippen molar-refractivity contribution >= 4 is 15.9 Å². The molecule has 0 radical (unpaired) electrons. The summed E-state index contributed by atoms with van der Waals surface area (Å²) in [5, 5.41) is 8.19. The highest BCUT2D eigenvalue weighted by Gasteiger charge is 2.20. The lowest BCUT2D eigenvalue weighted by Gasteiger charge is -2.33. The highest BCUT2D eigenvalue weighted by atomic mass is 79.9. The van der Waals surface area contributed by atoms with Gasteiger partial charge in [-0.15, -0.1) is 10.2 Å². The van der Waals surface area contributed by atoms with Gasteiger partial charge in [0, 0.05) is 45.1 Å². The Balaban J connectivity index is 1.29. The predicted octanol–water partition coefficient (Wildman–Crippen LogP) is 2.80. The molecule has 0 amide bonds. The van der Waals surface area contributed by atoms with Crippen molar-refractivity contribution in [2.24, 2.45) is 0 Å². The number of furan rings is 1. The summed E-state index contributed by atoms with van der Waals surface area (Å²) >= 11 is 3.27. The minimum atomic E-state index is 0.414. The van der Waals surface area contributed by atoms with E-state index in [1.807, 2.05) is 12.4 Å². The molecule has 0 aromatic carbocycles. The fourth-order valence-corrected chi connectivity index (χ4v) is 3.20. The van der Waals surface area contributed by atoms with Gasteiger partial charge >= 0.3 is 0 Å². The topological polar surface area (TPSA) is 71.4 Å². The molecule has 0 N–H and O–H groups in total. The molecule has 1 aliphatic heterocycles. The van der Waals surface area contributed by atoms with Gasteiger partial charge in [0.15, 0.2) is 10.4 Å². The highest BCUT2D eigenvalue weighted by Crippen LogP contribution is 2.24. The summed E-state index contributed by atoms with van der Waals surface area (Å²) in [6.45, 7) is 5.64. The number of halogens is 1. The molecular formula is C17H18BrN5O2. The van der Waals surface area contributed by atoms with Gasteiger partial charge in [0.2, 0.25) is 5.89 Å². The SMILES string of the molecule is Brc1ccc(-c2nnc(CN3CCN(Cc4ccncc4)CC3)o2)o1. The summed E-state index contributed by atoms with van der Waals surface area (Å²) < 4.78 is 11.8. The molecule has 4 heterocycles. The Morgan fingerprint density at radius 2 is 1.60 bits per heavy atom. The quantitative estimate of drug-likeness (QED) is 0.648. The van der Waals surface area contributed by atoms with Crippen molar-refractivity contribution in [3.8, 4) is 11.7 Å². The van der Waals surface area contributed by atoms with Crippen molar-refractivity contribution in [3.63, 3.8) is 0 Å². The van der Waals surface area contributed by atoms with Crippen LogP contribution in [0.25, 0.3) is 11.7 Å². The molecule has 1 aliphatic rings. The van der Waals surface area contributed by atoms with Crippen molar-refractivity contribution in [2.75, 3.05) is 26.2 Å². The lowest BCUT2D eigenvalue weighted by Crippen LogP contribution is -2.45. The first-order chi connectivity index (χ1) is 12.3. The number of nitrogens with zero attached hydrogens (tertiary/aromatic N) is 5. The zero-order valence-electron chi connectivity index (χ0n) is 13.6. The van der Waals surface area contributed by atoms with Crippen LogP contribution in [0.4, 0.5) is 0 Å². The Morgan fingerprint density at radius 1 is 0.880 bits per heavy atom. The van der Waals surface area contributed by atoms with E-state index >= 15 is 0 Å². The second-order valence-electron chi connectivity index (χ2n) is 6.01. The van der Waals surface area contributed by atoms with E-state index in [1.165, 1.54) is 5.56 Å². The van der Waals surface area contributed by atoms with E-state index in [4.69, 9.17) is 8.83 Å². The molecule has 1 fully saturated rings. The second kappa shape index (κ2) is 7.47. The number of pyridine rings is 1. The molecule has 0 bridgehead atoms. The van der Waals surface area contributed by atoms with Crippen LogP contribution in [0.3, 0.4) is 0 Å². The first kappa shape index (κ1) is 16.4. The van der Waals surface area contributed by atoms with Gasteiger partial charge in [0.05, 0.1) is 6.54 Å².